The van der Waals surface area contributed by atoms with Crippen LogP contribution in [0.3, 0.4) is 0 Å². The fourth-order valence-corrected chi connectivity index (χ4v) is 4.25. The number of nitrogens with zero attached hydrogens (tertiary/aromatic N) is 3. The van der Waals surface area contributed by atoms with Crippen LogP contribution in [0.5, 0.6) is 0 Å². The molecule has 1 amide bonds. The van der Waals surface area contributed by atoms with Gasteiger partial charge in [-0.1, -0.05) is 32.0 Å². The molecule has 6 nitrogen and oxygen atoms in total. The van der Waals surface area contributed by atoms with Crippen LogP contribution in [0.4, 0.5) is 5.69 Å². The Hall–Kier alpha value is -2.84. The number of nitrogens with one attached hydrogen (secondary N) is 1. The molecule has 148 valence electrons. The molecule has 3 aromatic heterocycles. The summed E-state index contributed by atoms with van der Waals surface area (Å²) in [7, 11) is 0. The molecule has 0 bridgehead atoms. The highest BCUT2D eigenvalue weighted by Crippen LogP contribution is 2.28. The SMILES string of the molecule is CC(C)(C)c1nc(-c2ccc(NC(=O)Cc3csc(-c4cccs4)n3)cc2)no1. The van der Waals surface area contributed by atoms with Crippen molar-refractivity contribution in [2.24, 2.45) is 0 Å². The summed E-state index contributed by atoms with van der Waals surface area (Å²) in [4.78, 5) is 22.5. The summed E-state index contributed by atoms with van der Waals surface area (Å²) in [5.41, 5.74) is 2.13. The van der Waals surface area contributed by atoms with E-state index in [0.29, 0.717) is 17.4 Å². The number of carbonyl (C=O) groups excluding carboxylic acids is 1. The topological polar surface area (TPSA) is 80.9 Å². The molecule has 0 spiro atoms. The number of anilines is 1. The number of hydrogen-bond donors (Lipinski definition) is 1. The molecule has 4 rings (SSSR count). The maximum Gasteiger partial charge on any atom is 0.232 e. The predicted molar refractivity (Wildman–Crippen MR) is 116 cm³/mol. The van der Waals surface area contributed by atoms with Crippen molar-refractivity contribution < 1.29 is 9.32 Å². The molecular weight excluding hydrogens is 404 g/mol. The van der Waals surface area contributed by atoms with Crippen LogP contribution in [0.1, 0.15) is 32.4 Å². The first kappa shape index (κ1) is 19.5. The highest BCUT2D eigenvalue weighted by atomic mass is 32.1. The van der Waals surface area contributed by atoms with E-state index in [4.69, 9.17) is 4.52 Å². The fourth-order valence-electron chi connectivity index (χ4n) is 2.62. The number of aromatic nitrogens is 3. The molecule has 1 aromatic carbocycles. The number of amides is 1. The lowest BCUT2D eigenvalue weighted by Crippen LogP contribution is -2.14. The molecule has 1 N–H and O–H groups in total. The first-order chi connectivity index (χ1) is 13.9. The van der Waals surface area contributed by atoms with Gasteiger partial charge < -0.3 is 9.84 Å². The summed E-state index contributed by atoms with van der Waals surface area (Å²) < 4.78 is 5.34. The standard InChI is InChI=1S/C21H20N4O2S2/c1-21(2,3)20-24-18(25-27-20)13-6-8-14(9-7-13)22-17(26)11-15-12-29-19(23-15)16-5-4-10-28-16/h4-10,12H,11H2,1-3H3,(H,22,26). The first-order valence-corrected chi connectivity index (χ1v) is 10.9. The minimum Gasteiger partial charge on any atom is -0.338 e. The second-order valence-electron chi connectivity index (χ2n) is 7.60. The average molecular weight is 425 g/mol. The molecule has 0 aliphatic rings. The molecule has 0 fully saturated rings. The van der Waals surface area contributed by atoms with Crippen molar-refractivity contribution in [3.8, 4) is 21.3 Å². The van der Waals surface area contributed by atoms with Crippen molar-refractivity contribution in [1.29, 1.82) is 0 Å². The van der Waals surface area contributed by atoms with Crippen LogP contribution in [0.25, 0.3) is 21.3 Å². The summed E-state index contributed by atoms with van der Waals surface area (Å²) in [6.45, 7) is 6.07. The Morgan fingerprint density at radius 2 is 1.90 bits per heavy atom. The Morgan fingerprint density at radius 1 is 1.10 bits per heavy atom. The van der Waals surface area contributed by atoms with E-state index in [1.54, 1.807) is 22.7 Å². The number of rotatable bonds is 5. The summed E-state index contributed by atoms with van der Waals surface area (Å²) in [6.07, 6.45) is 0.239. The average Bonchev–Trinajstić information content (AvgIpc) is 3.43. The van der Waals surface area contributed by atoms with E-state index in [-0.39, 0.29) is 17.7 Å². The van der Waals surface area contributed by atoms with Crippen molar-refractivity contribution in [3.63, 3.8) is 0 Å². The lowest BCUT2D eigenvalue weighted by atomic mass is 9.97. The summed E-state index contributed by atoms with van der Waals surface area (Å²) in [6, 6.07) is 11.4. The molecule has 0 aliphatic carbocycles. The zero-order valence-electron chi connectivity index (χ0n) is 16.3. The Balaban J connectivity index is 1.38. The molecule has 29 heavy (non-hydrogen) atoms. The zero-order valence-corrected chi connectivity index (χ0v) is 17.9. The van der Waals surface area contributed by atoms with Crippen LogP contribution >= 0.6 is 22.7 Å². The maximum absolute atomic E-state index is 12.4. The van der Waals surface area contributed by atoms with Crippen LogP contribution in [0.15, 0.2) is 51.7 Å². The second kappa shape index (κ2) is 7.88. The van der Waals surface area contributed by atoms with Gasteiger partial charge in [-0.25, -0.2) is 4.98 Å². The van der Waals surface area contributed by atoms with Gasteiger partial charge in [0.1, 0.15) is 5.01 Å². The van der Waals surface area contributed by atoms with E-state index in [1.807, 2.05) is 67.9 Å². The Labute approximate surface area is 176 Å². The smallest absolute Gasteiger partial charge is 0.232 e. The number of carbonyl (C=O) groups is 1. The monoisotopic (exact) mass is 424 g/mol. The Bertz CT molecular complexity index is 1110. The van der Waals surface area contributed by atoms with Crippen molar-refractivity contribution in [3.05, 3.63) is 58.7 Å². The molecule has 0 radical (unpaired) electrons. The summed E-state index contributed by atoms with van der Waals surface area (Å²) in [5, 5.41) is 11.8. The lowest BCUT2D eigenvalue weighted by molar-refractivity contribution is -0.115. The van der Waals surface area contributed by atoms with Crippen molar-refractivity contribution >= 4 is 34.3 Å². The quantitative estimate of drug-likeness (QED) is 0.464. The number of hydrogen-bond acceptors (Lipinski definition) is 7. The van der Waals surface area contributed by atoms with E-state index in [1.165, 1.54) is 0 Å². The number of thiazole rings is 1. The zero-order chi connectivity index (χ0) is 20.4. The molecule has 4 aromatic rings. The minimum atomic E-state index is -0.196. The predicted octanol–water partition coefficient (Wildman–Crippen LogP) is 5.40. The van der Waals surface area contributed by atoms with Gasteiger partial charge in [0.2, 0.25) is 17.6 Å². The van der Waals surface area contributed by atoms with E-state index in [9.17, 15) is 4.79 Å². The van der Waals surface area contributed by atoms with Crippen molar-refractivity contribution in [2.45, 2.75) is 32.6 Å². The molecule has 3 heterocycles. The third-order valence-electron chi connectivity index (χ3n) is 4.12. The van der Waals surface area contributed by atoms with Gasteiger partial charge in [0.05, 0.1) is 17.0 Å². The molecular formula is C21H20N4O2S2. The first-order valence-electron chi connectivity index (χ1n) is 9.11. The van der Waals surface area contributed by atoms with E-state index < -0.39 is 0 Å². The largest absolute Gasteiger partial charge is 0.338 e. The van der Waals surface area contributed by atoms with Gasteiger partial charge in [-0.05, 0) is 35.7 Å². The Morgan fingerprint density at radius 3 is 2.55 bits per heavy atom. The lowest BCUT2D eigenvalue weighted by Gasteiger charge is -2.10. The number of benzene rings is 1. The van der Waals surface area contributed by atoms with Gasteiger partial charge in [-0.15, -0.1) is 22.7 Å². The van der Waals surface area contributed by atoms with Crippen LogP contribution in [-0.4, -0.2) is 21.0 Å². The van der Waals surface area contributed by atoms with E-state index >= 15 is 0 Å². The highest BCUT2D eigenvalue weighted by Gasteiger charge is 2.22. The maximum atomic E-state index is 12.4. The summed E-state index contributed by atoms with van der Waals surface area (Å²) >= 11 is 3.20. The second-order valence-corrected chi connectivity index (χ2v) is 9.40. The van der Waals surface area contributed by atoms with Gasteiger partial charge in [0.25, 0.3) is 0 Å². The minimum absolute atomic E-state index is 0.102. The van der Waals surface area contributed by atoms with Crippen molar-refractivity contribution in [2.75, 3.05) is 5.32 Å². The molecule has 0 unspecified atom stereocenters. The van der Waals surface area contributed by atoms with Crippen LogP contribution in [0, 0.1) is 0 Å². The highest BCUT2D eigenvalue weighted by molar-refractivity contribution is 7.20. The molecule has 8 heteroatoms. The van der Waals surface area contributed by atoms with Gasteiger partial charge in [0, 0.05) is 22.0 Å². The normalized spacial score (nSPS) is 11.6. The third kappa shape index (κ3) is 4.60. The van der Waals surface area contributed by atoms with Crippen molar-refractivity contribution in [1.82, 2.24) is 15.1 Å². The van der Waals surface area contributed by atoms with Gasteiger partial charge in [-0.2, -0.15) is 4.98 Å². The Kier molecular flexibility index (Phi) is 5.29. The van der Waals surface area contributed by atoms with Crippen LogP contribution < -0.4 is 5.32 Å². The van der Waals surface area contributed by atoms with Crippen LogP contribution in [-0.2, 0) is 16.6 Å². The van der Waals surface area contributed by atoms with Gasteiger partial charge in [0.15, 0.2) is 0 Å². The third-order valence-corrected chi connectivity index (χ3v) is 6.05. The van der Waals surface area contributed by atoms with E-state index in [2.05, 4.69) is 20.4 Å². The summed E-state index contributed by atoms with van der Waals surface area (Å²) in [5.74, 6) is 1.03. The molecule has 0 aliphatic heterocycles. The van der Waals surface area contributed by atoms with Gasteiger partial charge in [-0.3, -0.25) is 4.79 Å². The van der Waals surface area contributed by atoms with E-state index in [0.717, 1.165) is 21.1 Å². The number of thiophene rings is 1. The molecule has 0 saturated heterocycles. The molecule has 0 saturated carbocycles. The van der Waals surface area contributed by atoms with Gasteiger partial charge >= 0.3 is 0 Å². The van der Waals surface area contributed by atoms with Crippen LogP contribution in [0.2, 0.25) is 0 Å². The molecule has 0 atom stereocenters. The fraction of sp³-hybridized carbons (Fsp3) is 0.238.